The van der Waals surface area contributed by atoms with E-state index >= 15 is 0 Å². The Hall–Kier alpha value is -2.91. The van der Waals surface area contributed by atoms with Crippen LogP contribution in [-0.4, -0.2) is 40.3 Å². The number of carbonyl (C=O) groups excluding carboxylic acids is 2. The van der Waals surface area contributed by atoms with Crippen molar-refractivity contribution in [1.82, 2.24) is 4.72 Å². The smallest absolute Gasteiger partial charge is 0.338 e. The maximum atomic E-state index is 12.5. The van der Waals surface area contributed by atoms with Crippen LogP contribution in [0.1, 0.15) is 35.3 Å². The summed E-state index contributed by atoms with van der Waals surface area (Å²) in [5.74, 6) is -0.203. The van der Waals surface area contributed by atoms with Gasteiger partial charge in [-0.15, -0.1) is 0 Å². The molecule has 0 aliphatic rings. The molecule has 0 heterocycles. The predicted octanol–water partition coefficient (Wildman–Crippen LogP) is 2.49. The van der Waals surface area contributed by atoms with E-state index in [1.807, 2.05) is 0 Å². The molecule has 0 aromatic heterocycles. The first-order valence-electron chi connectivity index (χ1n) is 8.90. The molecule has 0 radical (unpaired) electrons. The minimum Gasteiger partial charge on any atom is -0.497 e. The number of sulfonamides is 1. The Morgan fingerprint density at radius 3 is 2.17 bits per heavy atom. The minimum atomic E-state index is -3.54. The summed E-state index contributed by atoms with van der Waals surface area (Å²) in [6, 6.07) is 12.3. The van der Waals surface area contributed by atoms with Crippen molar-refractivity contribution >= 4 is 27.6 Å². The summed E-state index contributed by atoms with van der Waals surface area (Å²) in [5.41, 5.74) is 1.49. The molecule has 0 saturated heterocycles. The van der Waals surface area contributed by atoms with E-state index in [9.17, 15) is 18.0 Å². The van der Waals surface area contributed by atoms with E-state index in [1.54, 1.807) is 55.5 Å². The van der Waals surface area contributed by atoms with Crippen molar-refractivity contribution < 1.29 is 27.5 Å². The number of rotatable bonds is 9. The molecule has 1 amide bonds. The lowest BCUT2D eigenvalue weighted by atomic mass is 10.0. The summed E-state index contributed by atoms with van der Waals surface area (Å²) in [7, 11) is -2.01. The highest BCUT2D eigenvalue weighted by atomic mass is 32.2. The first-order valence-corrected chi connectivity index (χ1v) is 10.8. The van der Waals surface area contributed by atoms with Gasteiger partial charge in [-0.25, -0.2) is 17.9 Å². The van der Waals surface area contributed by atoms with Crippen LogP contribution in [0.15, 0.2) is 48.5 Å². The van der Waals surface area contributed by atoms with E-state index in [0.717, 1.165) is 6.26 Å². The van der Waals surface area contributed by atoms with E-state index in [1.165, 1.54) is 7.11 Å². The van der Waals surface area contributed by atoms with Crippen LogP contribution in [0.2, 0.25) is 0 Å². The fraction of sp³-hybridized carbons (Fsp3) is 0.300. The van der Waals surface area contributed by atoms with Gasteiger partial charge in [0.25, 0.3) is 0 Å². The summed E-state index contributed by atoms with van der Waals surface area (Å²) < 4.78 is 35.9. The Morgan fingerprint density at radius 2 is 1.66 bits per heavy atom. The van der Waals surface area contributed by atoms with Gasteiger partial charge < -0.3 is 14.8 Å². The molecule has 2 rings (SSSR count). The van der Waals surface area contributed by atoms with Gasteiger partial charge in [-0.1, -0.05) is 12.1 Å². The van der Waals surface area contributed by atoms with Gasteiger partial charge in [-0.2, -0.15) is 0 Å². The van der Waals surface area contributed by atoms with Gasteiger partial charge >= 0.3 is 5.97 Å². The van der Waals surface area contributed by atoms with Gasteiger partial charge in [-0.3, -0.25) is 4.79 Å². The van der Waals surface area contributed by atoms with E-state index in [0.29, 0.717) is 22.6 Å². The van der Waals surface area contributed by atoms with Gasteiger partial charge in [-0.05, 0) is 48.9 Å². The zero-order chi connectivity index (χ0) is 21.4. The maximum Gasteiger partial charge on any atom is 0.338 e. The van der Waals surface area contributed by atoms with E-state index in [2.05, 4.69) is 10.0 Å². The monoisotopic (exact) mass is 420 g/mol. The molecule has 2 aromatic rings. The molecule has 2 aromatic carbocycles. The number of carbonyl (C=O) groups is 2. The molecule has 29 heavy (non-hydrogen) atoms. The van der Waals surface area contributed by atoms with Crippen LogP contribution < -0.4 is 14.8 Å². The van der Waals surface area contributed by atoms with Crippen molar-refractivity contribution in [1.29, 1.82) is 0 Å². The fourth-order valence-electron chi connectivity index (χ4n) is 2.62. The molecular formula is C20H24N2O6S. The van der Waals surface area contributed by atoms with Crippen molar-refractivity contribution in [3.63, 3.8) is 0 Å². The van der Waals surface area contributed by atoms with E-state index in [4.69, 9.17) is 9.47 Å². The highest BCUT2D eigenvalue weighted by Gasteiger charge is 2.20. The molecule has 0 fully saturated rings. The Kier molecular flexibility index (Phi) is 7.74. The highest BCUT2D eigenvalue weighted by Crippen LogP contribution is 2.22. The van der Waals surface area contributed by atoms with Crippen LogP contribution in [0, 0.1) is 0 Å². The Morgan fingerprint density at radius 1 is 1.03 bits per heavy atom. The highest BCUT2D eigenvalue weighted by molar-refractivity contribution is 7.88. The average Bonchev–Trinajstić information content (AvgIpc) is 2.67. The number of ether oxygens (including phenoxy) is 2. The lowest BCUT2D eigenvalue weighted by Gasteiger charge is -2.18. The maximum absolute atomic E-state index is 12.5. The summed E-state index contributed by atoms with van der Waals surface area (Å²) >= 11 is 0. The molecule has 1 atom stereocenters. The molecule has 2 N–H and O–H groups in total. The third-order valence-corrected chi connectivity index (χ3v) is 4.66. The number of esters is 1. The summed E-state index contributed by atoms with van der Waals surface area (Å²) in [6.45, 7) is 1.99. The molecular weight excluding hydrogens is 396 g/mol. The Bertz CT molecular complexity index is 940. The van der Waals surface area contributed by atoms with Gasteiger partial charge in [0.05, 0.1) is 31.6 Å². The quantitative estimate of drug-likeness (QED) is 0.603. The second kappa shape index (κ2) is 10.0. The zero-order valence-corrected chi connectivity index (χ0v) is 17.3. The van der Waals surface area contributed by atoms with Crippen LogP contribution >= 0.6 is 0 Å². The normalized spacial score (nSPS) is 12.1. The molecule has 8 nitrogen and oxygen atoms in total. The van der Waals surface area contributed by atoms with Crippen LogP contribution in [0.5, 0.6) is 5.75 Å². The van der Waals surface area contributed by atoms with Gasteiger partial charge in [0.15, 0.2) is 0 Å². The van der Waals surface area contributed by atoms with Crippen molar-refractivity contribution in [2.24, 2.45) is 0 Å². The van der Waals surface area contributed by atoms with Gasteiger partial charge in [0.1, 0.15) is 5.75 Å². The van der Waals surface area contributed by atoms with Crippen molar-refractivity contribution in [3.05, 3.63) is 59.7 Å². The number of nitrogens with one attached hydrogen (secondary N) is 2. The second-order valence-corrected chi connectivity index (χ2v) is 8.05. The summed E-state index contributed by atoms with van der Waals surface area (Å²) in [6.07, 6.45) is 0.925. The summed E-state index contributed by atoms with van der Waals surface area (Å²) in [5, 5.41) is 2.70. The molecule has 0 bridgehead atoms. The van der Waals surface area contributed by atoms with Crippen LogP contribution in [0.4, 0.5) is 5.69 Å². The van der Waals surface area contributed by atoms with Crippen molar-refractivity contribution in [2.45, 2.75) is 19.4 Å². The van der Waals surface area contributed by atoms with Gasteiger partial charge in [0, 0.05) is 12.1 Å². The lowest BCUT2D eigenvalue weighted by molar-refractivity contribution is -0.116. The SMILES string of the molecule is CCOC(=O)c1ccc(NC(=O)CC(NS(C)(=O)=O)c2ccc(OC)cc2)cc1. The average molecular weight is 420 g/mol. The largest absolute Gasteiger partial charge is 0.497 e. The van der Waals surface area contributed by atoms with Crippen molar-refractivity contribution in [3.8, 4) is 5.75 Å². The molecule has 0 aliphatic heterocycles. The first-order chi connectivity index (χ1) is 13.7. The van der Waals surface area contributed by atoms with Crippen LogP contribution in [0.3, 0.4) is 0 Å². The van der Waals surface area contributed by atoms with E-state index in [-0.39, 0.29) is 18.9 Å². The van der Waals surface area contributed by atoms with Gasteiger partial charge in [0.2, 0.25) is 15.9 Å². The summed E-state index contributed by atoms with van der Waals surface area (Å²) in [4.78, 5) is 24.1. The number of amides is 1. The topological polar surface area (TPSA) is 111 Å². The standard InChI is InChI=1S/C20H24N2O6S/c1-4-28-20(24)15-5-9-16(10-6-15)21-19(23)13-18(22-29(3,25)26)14-7-11-17(27-2)12-8-14/h5-12,18,22H,4,13H2,1-3H3,(H,21,23). The fourth-order valence-corrected chi connectivity index (χ4v) is 3.36. The Balaban J connectivity index is 2.09. The number of hydrogen-bond acceptors (Lipinski definition) is 6. The number of methoxy groups -OCH3 is 1. The third kappa shape index (κ3) is 7.20. The van der Waals surface area contributed by atoms with Crippen LogP contribution in [0.25, 0.3) is 0 Å². The Labute approximate surface area is 170 Å². The molecule has 156 valence electrons. The van der Waals surface area contributed by atoms with Crippen LogP contribution in [-0.2, 0) is 19.6 Å². The second-order valence-electron chi connectivity index (χ2n) is 6.27. The zero-order valence-electron chi connectivity index (χ0n) is 16.5. The predicted molar refractivity (Wildman–Crippen MR) is 109 cm³/mol. The minimum absolute atomic E-state index is 0.112. The molecule has 9 heteroatoms. The third-order valence-electron chi connectivity index (χ3n) is 3.94. The first kappa shape index (κ1) is 22.4. The molecule has 1 unspecified atom stereocenters. The molecule has 0 aliphatic carbocycles. The number of benzene rings is 2. The number of anilines is 1. The number of hydrogen-bond donors (Lipinski definition) is 2. The lowest BCUT2D eigenvalue weighted by Crippen LogP contribution is -2.30. The molecule has 0 spiro atoms. The van der Waals surface area contributed by atoms with Crippen molar-refractivity contribution in [2.75, 3.05) is 25.3 Å². The molecule has 0 saturated carbocycles. The van der Waals surface area contributed by atoms with E-state index < -0.39 is 22.0 Å².